The van der Waals surface area contributed by atoms with Crippen molar-refractivity contribution in [3.05, 3.63) is 78.0 Å². The Kier molecular flexibility index (Phi) is 6.00. The molecule has 1 aromatic heterocycles. The smallest absolute Gasteiger partial charge is 0.272 e. The number of carbonyl (C=O) groups excluding carboxylic acids is 1. The number of amides is 1. The number of anilines is 3. The topological polar surface area (TPSA) is 70.2 Å². The summed E-state index contributed by atoms with van der Waals surface area (Å²) in [7, 11) is 0. The maximum absolute atomic E-state index is 12.2. The molecule has 2 N–H and O–H groups in total. The van der Waals surface area contributed by atoms with Crippen molar-refractivity contribution in [3.63, 3.8) is 0 Å². The van der Waals surface area contributed by atoms with Crippen molar-refractivity contribution in [2.75, 3.05) is 23.3 Å². The first kappa shape index (κ1) is 18.9. The third-order valence-corrected chi connectivity index (χ3v) is 5.05. The van der Waals surface area contributed by atoms with Gasteiger partial charge in [-0.25, -0.2) is 0 Å². The number of rotatable bonds is 6. The first-order valence-corrected chi connectivity index (χ1v) is 10.1. The number of benzene rings is 2. The van der Waals surface area contributed by atoms with Crippen LogP contribution in [-0.4, -0.2) is 29.2 Å². The van der Waals surface area contributed by atoms with Crippen LogP contribution in [0, 0.1) is 0 Å². The lowest BCUT2D eigenvalue weighted by Gasteiger charge is -2.28. The van der Waals surface area contributed by atoms with E-state index in [2.05, 4.69) is 37.9 Å². The van der Waals surface area contributed by atoms with Crippen LogP contribution >= 0.6 is 0 Å². The number of nitrogens with one attached hydrogen (secondary N) is 2. The van der Waals surface area contributed by atoms with Gasteiger partial charge >= 0.3 is 0 Å². The van der Waals surface area contributed by atoms with Crippen molar-refractivity contribution < 1.29 is 4.79 Å². The second-order valence-electron chi connectivity index (χ2n) is 7.19. The lowest BCUT2D eigenvalue weighted by Crippen LogP contribution is -2.29. The Morgan fingerprint density at radius 1 is 0.862 bits per heavy atom. The van der Waals surface area contributed by atoms with E-state index >= 15 is 0 Å². The summed E-state index contributed by atoms with van der Waals surface area (Å²) in [6.07, 6.45) is 3.86. The number of hydrogen-bond donors (Lipinski definition) is 2. The van der Waals surface area contributed by atoms with Gasteiger partial charge in [-0.05, 0) is 61.2 Å². The summed E-state index contributed by atoms with van der Waals surface area (Å²) in [6.45, 7) is 2.73. The van der Waals surface area contributed by atoms with Gasteiger partial charge in [0.15, 0.2) is 11.5 Å². The molecule has 0 radical (unpaired) electrons. The highest BCUT2D eigenvalue weighted by Gasteiger charge is 2.11. The van der Waals surface area contributed by atoms with Gasteiger partial charge in [-0.3, -0.25) is 4.79 Å². The monoisotopic (exact) mass is 387 g/mol. The van der Waals surface area contributed by atoms with Gasteiger partial charge in [0.2, 0.25) is 0 Å². The summed E-state index contributed by atoms with van der Waals surface area (Å²) in [5.74, 6) is 0.370. The van der Waals surface area contributed by atoms with Crippen molar-refractivity contribution in [2.45, 2.75) is 25.8 Å². The second-order valence-corrected chi connectivity index (χ2v) is 7.19. The average Bonchev–Trinajstić information content (AvgIpc) is 2.80. The zero-order valence-corrected chi connectivity index (χ0v) is 16.3. The van der Waals surface area contributed by atoms with E-state index in [1.54, 1.807) is 12.1 Å². The molecule has 2 aromatic carbocycles. The van der Waals surface area contributed by atoms with Crippen molar-refractivity contribution in [3.8, 4) is 0 Å². The van der Waals surface area contributed by atoms with Crippen LogP contribution in [0.2, 0.25) is 0 Å². The van der Waals surface area contributed by atoms with Crippen LogP contribution in [0.5, 0.6) is 0 Å². The Morgan fingerprint density at radius 3 is 2.31 bits per heavy atom. The zero-order valence-electron chi connectivity index (χ0n) is 16.3. The first-order valence-electron chi connectivity index (χ1n) is 10.1. The normalized spacial score (nSPS) is 13.7. The van der Waals surface area contributed by atoms with E-state index in [1.807, 2.05) is 42.5 Å². The number of aromatic nitrogens is 2. The van der Waals surface area contributed by atoms with Gasteiger partial charge in [0.1, 0.15) is 0 Å². The van der Waals surface area contributed by atoms with Crippen molar-refractivity contribution in [1.29, 1.82) is 0 Å². The molecular weight excluding hydrogens is 362 g/mol. The van der Waals surface area contributed by atoms with Gasteiger partial charge in [0.25, 0.3) is 5.91 Å². The Balaban J connectivity index is 1.32. The Bertz CT molecular complexity index is 920. The molecule has 0 atom stereocenters. The van der Waals surface area contributed by atoms with Crippen LogP contribution in [0.1, 0.15) is 35.3 Å². The van der Waals surface area contributed by atoms with E-state index in [9.17, 15) is 4.79 Å². The molecule has 0 bridgehead atoms. The lowest BCUT2D eigenvalue weighted by atomic mass is 10.1. The van der Waals surface area contributed by atoms with Gasteiger partial charge in [-0.2, -0.15) is 0 Å². The Hall–Kier alpha value is -3.41. The van der Waals surface area contributed by atoms with E-state index in [4.69, 9.17) is 0 Å². The minimum atomic E-state index is -0.237. The molecule has 4 rings (SSSR count). The fourth-order valence-corrected chi connectivity index (χ4v) is 3.44. The number of nitrogens with zero attached hydrogens (tertiary/aromatic N) is 3. The second kappa shape index (κ2) is 9.19. The van der Waals surface area contributed by atoms with Crippen LogP contribution in [0.4, 0.5) is 17.2 Å². The molecule has 0 saturated carbocycles. The van der Waals surface area contributed by atoms with Crippen LogP contribution in [0.3, 0.4) is 0 Å². The van der Waals surface area contributed by atoms with E-state index in [0.29, 0.717) is 18.1 Å². The molecular formula is C23H25N5O. The molecule has 1 aliphatic rings. The summed E-state index contributed by atoms with van der Waals surface area (Å²) >= 11 is 0. The minimum absolute atomic E-state index is 0.237. The first-order chi connectivity index (χ1) is 14.3. The molecule has 148 valence electrons. The van der Waals surface area contributed by atoms with E-state index in [-0.39, 0.29) is 5.91 Å². The molecule has 1 aliphatic heterocycles. The summed E-state index contributed by atoms with van der Waals surface area (Å²) in [5, 5.41) is 14.3. The third-order valence-electron chi connectivity index (χ3n) is 5.05. The van der Waals surface area contributed by atoms with Gasteiger partial charge in [0.05, 0.1) is 0 Å². The van der Waals surface area contributed by atoms with Gasteiger partial charge in [-0.1, -0.05) is 30.3 Å². The molecule has 29 heavy (non-hydrogen) atoms. The predicted molar refractivity (Wildman–Crippen MR) is 115 cm³/mol. The molecule has 2 heterocycles. The molecule has 1 fully saturated rings. The summed E-state index contributed by atoms with van der Waals surface area (Å²) < 4.78 is 0. The summed E-state index contributed by atoms with van der Waals surface area (Å²) in [6, 6.07) is 21.6. The standard InChI is InChI=1S/C23H25N5O/c29-23(24-17-18-7-3-1-4-8-18)21-13-14-22(27-26-21)25-19-9-11-20(12-10-19)28-15-5-2-6-16-28/h1,3-4,7-14H,2,5-6,15-17H2,(H,24,29)(H,25,27). The summed E-state index contributed by atoms with van der Waals surface area (Å²) in [4.78, 5) is 14.7. The van der Waals surface area contributed by atoms with Crippen molar-refractivity contribution >= 4 is 23.1 Å². The highest BCUT2D eigenvalue weighted by molar-refractivity contribution is 5.92. The Labute approximate surface area is 171 Å². The molecule has 0 aliphatic carbocycles. The van der Waals surface area contributed by atoms with E-state index < -0.39 is 0 Å². The summed E-state index contributed by atoms with van der Waals surface area (Å²) in [5.41, 5.74) is 3.54. The zero-order chi connectivity index (χ0) is 19.9. The fraction of sp³-hybridized carbons (Fsp3) is 0.261. The molecule has 0 spiro atoms. The molecule has 1 amide bonds. The Morgan fingerprint density at radius 2 is 1.62 bits per heavy atom. The van der Waals surface area contributed by atoms with Crippen LogP contribution in [0.25, 0.3) is 0 Å². The minimum Gasteiger partial charge on any atom is -0.372 e. The van der Waals surface area contributed by atoms with Gasteiger partial charge < -0.3 is 15.5 Å². The number of carbonyl (C=O) groups is 1. The molecule has 6 heteroatoms. The van der Waals surface area contributed by atoms with Crippen LogP contribution in [0.15, 0.2) is 66.7 Å². The average molecular weight is 387 g/mol. The highest BCUT2D eigenvalue weighted by atomic mass is 16.1. The highest BCUT2D eigenvalue weighted by Crippen LogP contribution is 2.23. The fourth-order valence-electron chi connectivity index (χ4n) is 3.44. The van der Waals surface area contributed by atoms with Gasteiger partial charge in [-0.15, -0.1) is 10.2 Å². The maximum atomic E-state index is 12.2. The molecule has 6 nitrogen and oxygen atoms in total. The van der Waals surface area contributed by atoms with Crippen molar-refractivity contribution in [2.24, 2.45) is 0 Å². The van der Waals surface area contributed by atoms with Crippen molar-refractivity contribution in [1.82, 2.24) is 15.5 Å². The SMILES string of the molecule is O=C(NCc1ccccc1)c1ccc(Nc2ccc(N3CCCCC3)cc2)nn1. The van der Waals surface area contributed by atoms with E-state index in [1.165, 1.54) is 24.9 Å². The maximum Gasteiger partial charge on any atom is 0.272 e. The van der Waals surface area contributed by atoms with Gasteiger partial charge in [0, 0.05) is 31.0 Å². The number of piperidine rings is 1. The third kappa shape index (κ3) is 5.10. The molecule has 1 saturated heterocycles. The van der Waals surface area contributed by atoms with E-state index in [0.717, 1.165) is 24.3 Å². The van der Waals surface area contributed by atoms with Crippen LogP contribution in [-0.2, 0) is 6.54 Å². The molecule has 3 aromatic rings. The lowest BCUT2D eigenvalue weighted by molar-refractivity contribution is 0.0945. The number of hydrogen-bond acceptors (Lipinski definition) is 5. The quantitative estimate of drug-likeness (QED) is 0.665. The molecule has 0 unspecified atom stereocenters. The predicted octanol–water partition coefficient (Wildman–Crippen LogP) is 4.14. The largest absolute Gasteiger partial charge is 0.372 e. The van der Waals surface area contributed by atoms with Crippen LogP contribution < -0.4 is 15.5 Å².